The Bertz CT molecular complexity index is 2240. The minimum Gasteiger partial charge on any atom is -0.263 e. The normalized spacial score (nSPS) is 11.2. The third-order valence-electron chi connectivity index (χ3n) is 8.03. The van der Waals surface area contributed by atoms with Crippen LogP contribution in [0.25, 0.3) is 53.0 Å². The van der Waals surface area contributed by atoms with E-state index in [-0.39, 0.29) is 0 Å². The minimum absolute atomic E-state index is 0.857. The number of fused-ring (bicyclic) bond motifs is 2. The predicted molar refractivity (Wildman–Crippen MR) is 193 cm³/mol. The number of hydrogen-bond donors (Lipinski definition) is 0. The van der Waals surface area contributed by atoms with Gasteiger partial charge in [0.1, 0.15) is 0 Å². The van der Waals surface area contributed by atoms with Crippen LogP contribution in [0.1, 0.15) is 43.3 Å². The van der Waals surface area contributed by atoms with Gasteiger partial charge in [0.2, 0.25) is 0 Å². The van der Waals surface area contributed by atoms with Crippen molar-refractivity contribution >= 4 is 42.8 Å². The molecule has 8 aromatic heterocycles. The van der Waals surface area contributed by atoms with E-state index >= 15 is 0 Å². The molecule has 0 radical (unpaired) electrons. The van der Waals surface area contributed by atoms with Crippen LogP contribution in [0.4, 0.5) is 0 Å². The highest BCUT2D eigenvalue weighted by molar-refractivity contribution is 7.22. The topological polar surface area (TPSA) is 87.2 Å². The number of rotatable bonds is 7. The predicted octanol–water partition coefficient (Wildman–Crippen LogP) is 9.08. The van der Waals surface area contributed by atoms with Crippen LogP contribution in [-0.4, -0.2) is 39.5 Å². The number of hydrogen-bond acceptors (Lipinski definition) is 8. The van der Waals surface area contributed by atoms with Gasteiger partial charge in [0, 0.05) is 36.2 Å². The van der Waals surface area contributed by atoms with Crippen LogP contribution in [0.2, 0.25) is 0 Å². The van der Waals surface area contributed by atoms with Gasteiger partial charge in [0.05, 0.1) is 42.9 Å². The maximum Gasteiger partial charge on any atom is 0.154 e. The molecule has 0 aromatic carbocycles. The van der Waals surface area contributed by atoms with Crippen molar-refractivity contribution in [3.8, 4) is 32.8 Å². The molecule has 8 aromatic rings. The molecule has 8 rings (SSSR count). The summed E-state index contributed by atoms with van der Waals surface area (Å²) in [7, 11) is 0. The zero-order valence-electron chi connectivity index (χ0n) is 26.8. The molecule has 0 atom stereocenters. The Morgan fingerprint density at radius 2 is 1.13 bits per heavy atom. The zero-order valence-corrected chi connectivity index (χ0v) is 28.4. The largest absolute Gasteiger partial charge is 0.263 e. The fourth-order valence-corrected chi connectivity index (χ4v) is 7.78. The lowest BCUT2D eigenvalue weighted by molar-refractivity contribution is 0.840. The van der Waals surface area contributed by atoms with E-state index in [0.717, 1.165) is 53.7 Å². The lowest BCUT2D eigenvalue weighted by atomic mass is 10.1. The van der Waals surface area contributed by atoms with Crippen molar-refractivity contribution in [3.05, 3.63) is 120 Å². The molecule has 0 amide bonds. The molecule has 0 fully saturated rings. The molecule has 47 heavy (non-hydrogen) atoms. The zero-order chi connectivity index (χ0) is 32.3. The first-order chi connectivity index (χ1) is 23.1. The fourth-order valence-electron chi connectivity index (χ4n) is 5.59. The first-order valence-electron chi connectivity index (χ1n) is 15.8. The highest BCUT2D eigenvalue weighted by atomic mass is 32.1. The fraction of sp³-hybridized carbons (Fsp3) is 0.189. The molecule has 0 saturated carbocycles. The summed E-state index contributed by atoms with van der Waals surface area (Å²) in [5.74, 6) is 1.73. The maximum atomic E-state index is 4.74. The van der Waals surface area contributed by atoms with E-state index in [2.05, 4.69) is 70.2 Å². The van der Waals surface area contributed by atoms with Crippen molar-refractivity contribution in [2.45, 2.75) is 47.0 Å². The van der Waals surface area contributed by atoms with E-state index in [1.165, 1.54) is 41.1 Å². The SMILES string of the molecule is CCc1cccc(-n2ncc(CC)c2-c2cc3ccncc3s2)n1.CCc1cnn(-c2cccc(C)n2)c1-c1cc2ccncc2s1. The Kier molecular flexibility index (Phi) is 8.69. The molecule has 0 aliphatic rings. The molecule has 0 N–H and O–H groups in total. The van der Waals surface area contributed by atoms with Crippen LogP contribution in [0, 0.1) is 6.92 Å². The van der Waals surface area contributed by atoms with E-state index in [4.69, 9.17) is 4.98 Å². The summed E-state index contributed by atoms with van der Waals surface area (Å²) in [6, 6.07) is 20.7. The van der Waals surface area contributed by atoms with Gasteiger partial charge in [-0.05, 0) is 96.6 Å². The van der Waals surface area contributed by atoms with Crippen LogP contribution in [0.3, 0.4) is 0 Å². The Morgan fingerprint density at radius 3 is 1.62 bits per heavy atom. The minimum atomic E-state index is 0.857. The van der Waals surface area contributed by atoms with E-state index in [9.17, 15) is 0 Å². The van der Waals surface area contributed by atoms with Gasteiger partial charge in [-0.25, -0.2) is 19.3 Å². The molecule has 10 heteroatoms. The monoisotopic (exact) mass is 654 g/mol. The quantitative estimate of drug-likeness (QED) is 0.170. The molecule has 8 nitrogen and oxygen atoms in total. The summed E-state index contributed by atoms with van der Waals surface area (Å²) in [5.41, 5.74) is 6.80. The van der Waals surface area contributed by atoms with Crippen molar-refractivity contribution in [1.29, 1.82) is 0 Å². The van der Waals surface area contributed by atoms with Gasteiger partial charge < -0.3 is 0 Å². The molecule has 0 aliphatic carbocycles. The number of aromatic nitrogens is 8. The maximum absolute atomic E-state index is 4.74. The van der Waals surface area contributed by atoms with E-state index < -0.39 is 0 Å². The summed E-state index contributed by atoms with van der Waals surface area (Å²) < 4.78 is 6.30. The third kappa shape index (κ3) is 6.09. The Hall–Kier alpha value is -5.06. The van der Waals surface area contributed by atoms with Crippen LogP contribution >= 0.6 is 22.7 Å². The number of aryl methyl sites for hydroxylation is 4. The second-order valence-corrected chi connectivity index (χ2v) is 13.3. The lowest BCUT2D eigenvalue weighted by Gasteiger charge is -2.08. The van der Waals surface area contributed by atoms with Crippen molar-refractivity contribution < 1.29 is 0 Å². The first-order valence-corrected chi connectivity index (χ1v) is 17.4. The first kappa shape index (κ1) is 30.6. The number of nitrogens with zero attached hydrogens (tertiary/aromatic N) is 8. The Balaban J connectivity index is 0.000000150. The van der Waals surface area contributed by atoms with Crippen LogP contribution in [0.5, 0.6) is 0 Å². The smallest absolute Gasteiger partial charge is 0.154 e. The standard InChI is InChI=1S/C19H18N4S.C18H16N4S/c1-3-13-11-21-23(18-7-5-6-15(4-2)22-18)19(13)16-10-14-8-9-20-12-17(14)24-16;1-3-13-10-20-22(17-6-4-5-12(2)21-17)18(13)15-9-14-7-8-19-11-16(14)23-15/h5-12H,3-4H2,1-2H3;4-11H,3H2,1-2H3. The molecule has 0 aliphatic heterocycles. The average molecular weight is 655 g/mol. The van der Waals surface area contributed by atoms with E-state index in [0.29, 0.717) is 0 Å². The van der Waals surface area contributed by atoms with Gasteiger partial charge in [-0.2, -0.15) is 10.2 Å². The van der Waals surface area contributed by atoms with Crippen LogP contribution < -0.4 is 0 Å². The van der Waals surface area contributed by atoms with Crippen LogP contribution in [-0.2, 0) is 19.3 Å². The van der Waals surface area contributed by atoms with Crippen molar-refractivity contribution in [2.75, 3.05) is 0 Å². The molecule has 0 saturated heterocycles. The molecule has 0 bridgehead atoms. The molecule has 0 spiro atoms. The highest BCUT2D eigenvalue weighted by Crippen LogP contribution is 2.37. The molecular formula is C37H34N8S2. The molecular weight excluding hydrogens is 621 g/mol. The average Bonchev–Trinajstić information content (AvgIpc) is 3.91. The van der Waals surface area contributed by atoms with Crippen LogP contribution in [0.15, 0.2) is 97.8 Å². The van der Waals surface area contributed by atoms with Gasteiger partial charge in [0.25, 0.3) is 0 Å². The summed E-state index contributed by atoms with van der Waals surface area (Å²) in [5, 5.41) is 11.6. The molecule has 0 unspecified atom stereocenters. The summed E-state index contributed by atoms with van der Waals surface area (Å²) in [6.07, 6.45) is 14.2. The molecule has 234 valence electrons. The second kappa shape index (κ2) is 13.4. The van der Waals surface area contributed by atoms with Crippen molar-refractivity contribution in [1.82, 2.24) is 39.5 Å². The van der Waals surface area contributed by atoms with Gasteiger partial charge in [-0.15, -0.1) is 22.7 Å². The Morgan fingerprint density at radius 1 is 0.596 bits per heavy atom. The van der Waals surface area contributed by atoms with Gasteiger partial charge >= 0.3 is 0 Å². The van der Waals surface area contributed by atoms with Gasteiger partial charge in [-0.1, -0.05) is 32.9 Å². The lowest BCUT2D eigenvalue weighted by Crippen LogP contribution is -2.03. The van der Waals surface area contributed by atoms with Gasteiger partial charge in [0.15, 0.2) is 11.6 Å². The number of thiophene rings is 2. The molecule has 8 heterocycles. The van der Waals surface area contributed by atoms with Gasteiger partial charge in [-0.3, -0.25) is 9.97 Å². The highest BCUT2D eigenvalue weighted by Gasteiger charge is 2.18. The summed E-state index contributed by atoms with van der Waals surface area (Å²) in [4.78, 5) is 20.2. The van der Waals surface area contributed by atoms with Crippen molar-refractivity contribution in [2.24, 2.45) is 0 Å². The second-order valence-electron chi connectivity index (χ2n) is 11.1. The van der Waals surface area contributed by atoms with Crippen molar-refractivity contribution in [3.63, 3.8) is 0 Å². The number of pyridine rings is 4. The summed E-state index contributed by atoms with van der Waals surface area (Å²) >= 11 is 3.50. The summed E-state index contributed by atoms with van der Waals surface area (Å²) in [6.45, 7) is 8.43. The van der Waals surface area contributed by atoms with E-state index in [1.807, 2.05) is 89.9 Å². The van der Waals surface area contributed by atoms with E-state index in [1.54, 1.807) is 22.7 Å². The third-order valence-corrected chi connectivity index (χ3v) is 10.2. The Labute approximate surface area is 281 Å².